The molecule has 0 bridgehead atoms. The normalized spacial score (nSPS) is 19.2. The third-order valence-corrected chi connectivity index (χ3v) is 5.52. The summed E-state index contributed by atoms with van der Waals surface area (Å²) in [7, 11) is 0. The van der Waals surface area contributed by atoms with E-state index in [1.807, 2.05) is 12.1 Å². The third-order valence-electron chi connectivity index (χ3n) is 5.52. The second kappa shape index (κ2) is 6.56. The number of phenolic OH excluding ortho intramolecular Hbond substituents is 1. The zero-order valence-corrected chi connectivity index (χ0v) is 14.0. The molecule has 2 nitrogen and oxygen atoms in total. The van der Waals surface area contributed by atoms with E-state index in [2.05, 4.69) is 17.0 Å². The lowest BCUT2D eigenvalue weighted by atomic mass is 9.91. The molecule has 1 saturated heterocycles. The molecule has 1 fully saturated rings. The number of halogens is 1. The number of hydrogen-bond donors (Lipinski definition) is 1. The third kappa shape index (κ3) is 2.82. The fourth-order valence-corrected chi connectivity index (χ4v) is 4.29. The van der Waals surface area contributed by atoms with Crippen LogP contribution in [-0.4, -0.2) is 23.1 Å². The highest BCUT2D eigenvalue weighted by molar-refractivity contribution is 5.51. The van der Waals surface area contributed by atoms with Crippen molar-refractivity contribution in [3.63, 3.8) is 0 Å². The minimum Gasteiger partial charge on any atom is -0.507 e. The Kier molecular flexibility index (Phi) is 4.28. The van der Waals surface area contributed by atoms with E-state index in [-0.39, 0.29) is 11.9 Å². The van der Waals surface area contributed by atoms with Gasteiger partial charge in [0.25, 0.3) is 0 Å². The number of nitrogens with zero attached hydrogens (tertiary/aromatic N) is 1. The number of piperidine rings is 1. The van der Waals surface area contributed by atoms with Gasteiger partial charge >= 0.3 is 0 Å². The molecule has 0 saturated carbocycles. The Bertz CT molecular complexity index is 719. The SMILES string of the molecule is Oc1c(C(c2ccc(F)cc2)N2CCCCC2)ccc2c1CCC2. The van der Waals surface area contributed by atoms with Crippen molar-refractivity contribution in [3.8, 4) is 5.75 Å². The predicted octanol–water partition coefficient (Wildman–Crippen LogP) is 4.60. The van der Waals surface area contributed by atoms with Gasteiger partial charge in [0.15, 0.2) is 0 Å². The minimum absolute atomic E-state index is 0.0109. The van der Waals surface area contributed by atoms with Gasteiger partial charge in [0.1, 0.15) is 11.6 Å². The molecule has 1 aliphatic carbocycles. The lowest BCUT2D eigenvalue weighted by Gasteiger charge is -2.35. The molecule has 1 heterocycles. The van der Waals surface area contributed by atoms with Crippen LogP contribution in [0.5, 0.6) is 5.75 Å². The first-order valence-corrected chi connectivity index (χ1v) is 9.07. The molecule has 2 aliphatic rings. The van der Waals surface area contributed by atoms with Gasteiger partial charge in [0.2, 0.25) is 0 Å². The van der Waals surface area contributed by atoms with Gasteiger partial charge in [-0.15, -0.1) is 0 Å². The van der Waals surface area contributed by atoms with E-state index in [1.165, 1.54) is 37.0 Å². The van der Waals surface area contributed by atoms with Gasteiger partial charge < -0.3 is 5.11 Å². The zero-order valence-electron chi connectivity index (χ0n) is 14.0. The molecule has 0 amide bonds. The van der Waals surface area contributed by atoms with Crippen molar-refractivity contribution in [2.75, 3.05) is 13.1 Å². The Labute approximate surface area is 142 Å². The average molecular weight is 325 g/mol. The van der Waals surface area contributed by atoms with E-state index in [0.717, 1.165) is 49.0 Å². The Hall–Kier alpha value is -1.87. The Morgan fingerprint density at radius 2 is 1.62 bits per heavy atom. The first kappa shape index (κ1) is 15.6. The highest BCUT2D eigenvalue weighted by atomic mass is 19.1. The van der Waals surface area contributed by atoms with Crippen LogP contribution in [0.3, 0.4) is 0 Å². The van der Waals surface area contributed by atoms with Crippen LogP contribution < -0.4 is 0 Å². The van der Waals surface area contributed by atoms with Crippen LogP contribution in [0.25, 0.3) is 0 Å². The van der Waals surface area contributed by atoms with Crippen LogP contribution in [0, 0.1) is 5.82 Å². The van der Waals surface area contributed by atoms with Gasteiger partial charge in [0.05, 0.1) is 6.04 Å². The number of phenols is 1. The molecule has 1 aliphatic heterocycles. The Balaban J connectivity index is 1.79. The van der Waals surface area contributed by atoms with Crippen LogP contribution in [0.4, 0.5) is 4.39 Å². The summed E-state index contributed by atoms with van der Waals surface area (Å²) in [4.78, 5) is 2.44. The molecule has 24 heavy (non-hydrogen) atoms. The molecule has 1 atom stereocenters. The van der Waals surface area contributed by atoms with Crippen molar-refractivity contribution in [3.05, 3.63) is 64.5 Å². The second-order valence-corrected chi connectivity index (χ2v) is 7.05. The summed E-state index contributed by atoms with van der Waals surface area (Å²) in [5, 5.41) is 10.9. The monoisotopic (exact) mass is 325 g/mol. The molecule has 0 radical (unpaired) electrons. The standard InChI is InChI=1S/C21H24FNO/c22-17-10-7-16(8-11-17)20(23-13-2-1-3-14-23)19-12-9-15-5-4-6-18(15)21(19)24/h7-12,20,24H,1-6,13-14H2. The Morgan fingerprint density at radius 1 is 0.875 bits per heavy atom. The highest BCUT2D eigenvalue weighted by Crippen LogP contribution is 2.41. The molecule has 2 aromatic rings. The molecule has 0 aromatic heterocycles. The first-order chi connectivity index (χ1) is 11.7. The van der Waals surface area contributed by atoms with Crippen molar-refractivity contribution >= 4 is 0 Å². The molecular formula is C21H24FNO. The van der Waals surface area contributed by atoms with Crippen LogP contribution >= 0.6 is 0 Å². The molecule has 126 valence electrons. The summed E-state index contributed by atoms with van der Waals surface area (Å²) in [6, 6.07) is 11.0. The van der Waals surface area contributed by atoms with Crippen molar-refractivity contribution in [1.82, 2.24) is 4.90 Å². The second-order valence-electron chi connectivity index (χ2n) is 7.05. The number of likely N-dealkylation sites (tertiary alicyclic amines) is 1. The number of aryl methyl sites for hydroxylation is 1. The first-order valence-electron chi connectivity index (χ1n) is 9.07. The summed E-state index contributed by atoms with van der Waals surface area (Å²) >= 11 is 0. The lowest BCUT2D eigenvalue weighted by Crippen LogP contribution is -2.34. The maximum Gasteiger partial charge on any atom is 0.124 e. The summed E-state index contributed by atoms with van der Waals surface area (Å²) in [5.41, 5.74) is 4.44. The lowest BCUT2D eigenvalue weighted by molar-refractivity contribution is 0.184. The predicted molar refractivity (Wildman–Crippen MR) is 93.8 cm³/mol. The van der Waals surface area contributed by atoms with E-state index in [1.54, 1.807) is 0 Å². The van der Waals surface area contributed by atoms with Crippen LogP contribution in [0.2, 0.25) is 0 Å². The summed E-state index contributed by atoms with van der Waals surface area (Å²) in [5.74, 6) is 0.249. The molecule has 0 spiro atoms. The number of aromatic hydroxyl groups is 1. The maximum absolute atomic E-state index is 13.4. The van der Waals surface area contributed by atoms with Crippen molar-refractivity contribution in [1.29, 1.82) is 0 Å². The fraction of sp³-hybridized carbons (Fsp3) is 0.429. The summed E-state index contributed by atoms with van der Waals surface area (Å²) in [6.45, 7) is 2.05. The van der Waals surface area contributed by atoms with Gasteiger partial charge in [-0.25, -0.2) is 4.39 Å². The average Bonchev–Trinajstić information content (AvgIpc) is 3.09. The van der Waals surface area contributed by atoms with Gasteiger partial charge in [-0.2, -0.15) is 0 Å². The highest BCUT2D eigenvalue weighted by Gasteiger charge is 2.28. The Morgan fingerprint density at radius 3 is 2.38 bits per heavy atom. The van der Waals surface area contributed by atoms with E-state index < -0.39 is 0 Å². The molecule has 3 heteroatoms. The molecule has 4 rings (SSSR count). The quantitative estimate of drug-likeness (QED) is 0.892. The fourth-order valence-electron chi connectivity index (χ4n) is 4.29. The number of fused-ring (bicyclic) bond motifs is 1. The molecular weight excluding hydrogens is 301 g/mol. The topological polar surface area (TPSA) is 23.5 Å². The van der Waals surface area contributed by atoms with Gasteiger partial charge in [-0.3, -0.25) is 4.90 Å². The largest absolute Gasteiger partial charge is 0.507 e. The molecule has 2 aromatic carbocycles. The molecule has 1 unspecified atom stereocenters. The van der Waals surface area contributed by atoms with Gasteiger partial charge in [0, 0.05) is 5.56 Å². The van der Waals surface area contributed by atoms with Gasteiger partial charge in [-0.1, -0.05) is 30.7 Å². The summed E-state index contributed by atoms with van der Waals surface area (Å²) in [6.07, 6.45) is 6.78. The van der Waals surface area contributed by atoms with E-state index in [9.17, 15) is 9.50 Å². The van der Waals surface area contributed by atoms with Crippen LogP contribution in [0.1, 0.15) is 54.0 Å². The minimum atomic E-state index is -0.214. The smallest absolute Gasteiger partial charge is 0.124 e. The van der Waals surface area contributed by atoms with E-state index in [0.29, 0.717) is 5.75 Å². The van der Waals surface area contributed by atoms with Gasteiger partial charge in [-0.05, 0) is 74.0 Å². The number of benzene rings is 2. The van der Waals surface area contributed by atoms with Crippen LogP contribution in [0.15, 0.2) is 36.4 Å². The van der Waals surface area contributed by atoms with Crippen LogP contribution in [-0.2, 0) is 12.8 Å². The maximum atomic E-state index is 13.4. The van der Waals surface area contributed by atoms with E-state index in [4.69, 9.17) is 0 Å². The van der Waals surface area contributed by atoms with Crippen molar-refractivity contribution in [2.45, 2.75) is 44.6 Å². The molecule has 1 N–H and O–H groups in total. The number of rotatable bonds is 3. The van der Waals surface area contributed by atoms with Crippen molar-refractivity contribution in [2.24, 2.45) is 0 Å². The zero-order chi connectivity index (χ0) is 16.5. The van der Waals surface area contributed by atoms with E-state index >= 15 is 0 Å². The van der Waals surface area contributed by atoms with Crippen molar-refractivity contribution < 1.29 is 9.50 Å². The number of hydrogen-bond acceptors (Lipinski definition) is 2. The summed E-state index contributed by atoms with van der Waals surface area (Å²) < 4.78 is 13.4.